The number of piperidine rings is 2. The van der Waals surface area contributed by atoms with E-state index >= 15 is 0 Å². The summed E-state index contributed by atoms with van der Waals surface area (Å²) in [6.45, 7) is 0.830. The second-order valence-electron chi connectivity index (χ2n) is 11.7. The number of sulfonamides is 1. The molecule has 0 aromatic heterocycles. The van der Waals surface area contributed by atoms with Crippen molar-refractivity contribution >= 4 is 44.8 Å². The maximum atomic E-state index is 12.8. The molecule has 0 radical (unpaired) electrons. The zero-order chi connectivity index (χ0) is 38.4. The first-order valence-corrected chi connectivity index (χ1v) is 17.3. The Bertz CT molecular complexity index is 1800. The average molecular weight is 783 g/mol. The van der Waals surface area contributed by atoms with Crippen LogP contribution in [0.25, 0.3) is 0 Å². The number of alkyl halides is 6. The minimum absolute atomic E-state index is 0.0623. The van der Waals surface area contributed by atoms with Crippen LogP contribution in [-0.2, 0) is 19.6 Å². The Hall–Kier alpha value is -4.14. The van der Waals surface area contributed by atoms with Crippen LogP contribution in [0.2, 0.25) is 5.02 Å². The molecule has 20 heteroatoms. The summed E-state index contributed by atoms with van der Waals surface area (Å²) in [6.07, 6.45) is -9.36. The van der Waals surface area contributed by atoms with Gasteiger partial charge in [-0.05, 0) is 99.4 Å². The third kappa shape index (κ3) is 11.2. The summed E-state index contributed by atoms with van der Waals surface area (Å²) >= 11 is 5.98. The zero-order valence-corrected chi connectivity index (χ0v) is 28.5. The van der Waals surface area contributed by atoms with Crippen LogP contribution >= 0.6 is 11.6 Å². The lowest BCUT2D eigenvalue weighted by Gasteiger charge is -2.36. The number of aliphatic hydroxyl groups is 2. The van der Waals surface area contributed by atoms with Crippen molar-refractivity contribution in [2.45, 2.75) is 54.5 Å². The molecule has 3 aromatic carbocycles. The van der Waals surface area contributed by atoms with Gasteiger partial charge in [0.15, 0.2) is 0 Å². The van der Waals surface area contributed by atoms with Crippen molar-refractivity contribution in [2.24, 2.45) is 0 Å². The number of nitrogens with zero attached hydrogens (tertiary/aromatic N) is 1. The summed E-state index contributed by atoms with van der Waals surface area (Å²) < 4.78 is 107. The zero-order valence-electron chi connectivity index (χ0n) is 26.9. The molecule has 2 saturated heterocycles. The molecule has 12 nitrogen and oxygen atoms in total. The molecular formula is C32H33ClF6N4O8S. The molecule has 2 fully saturated rings. The van der Waals surface area contributed by atoms with Crippen molar-refractivity contribution in [3.8, 4) is 11.5 Å². The van der Waals surface area contributed by atoms with E-state index in [0.717, 1.165) is 28.6 Å². The second-order valence-corrected chi connectivity index (χ2v) is 14.0. The molecule has 0 spiro atoms. The van der Waals surface area contributed by atoms with Crippen molar-refractivity contribution in [2.75, 3.05) is 36.8 Å². The first-order valence-electron chi connectivity index (χ1n) is 15.4. The standard InChI is InChI=1S/C19H18ClF3N2O5S.C13H15F3N2O3/c20-15-3-1-2-4-16(15)31(28,29)25-11-9-18(27,10-12-25)17(26)24-13-5-7-14(8-6-13)30-19(21,22)23;14-13(15,16)21-10-3-1-9(2-4-10)18-11(19)12(20)5-7-17-8-6-12/h1-8,27H,9-12H2,(H,24,26);1-4,17,20H,5-8H2,(H,18,19). The van der Waals surface area contributed by atoms with Gasteiger partial charge in [0, 0.05) is 24.5 Å². The molecule has 2 aliphatic rings. The molecule has 3 aromatic rings. The number of hydrogen-bond donors (Lipinski definition) is 5. The maximum absolute atomic E-state index is 12.8. The first kappa shape index (κ1) is 40.6. The number of carbonyl (C=O) groups excluding carboxylic acids is 2. The highest BCUT2D eigenvalue weighted by atomic mass is 35.5. The highest BCUT2D eigenvalue weighted by molar-refractivity contribution is 7.89. The Morgan fingerprint density at radius 2 is 1.12 bits per heavy atom. The summed E-state index contributed by atoms with van der Waals surface area (Å²) in [5.74, 6) is -2.18. The minimum atomic E-state index is -4.84. The lowest BCUT2D eigenvalue weighted by atomic mass is 9.91. The van der Waals surface area contributed by atoms with Crippen molar-refractivity contribution in [3.05, 3.63) is 77.8 Å². The molecular weight excluding hydrogens is 750 g/mol. The van der Waals surface area contributed by atoms with E-state index in [-0.39, 0.29) is 60.1 Å². The molecule has 0 atom stereocenters. The van der Waals surface area contributed by atoms with Crippen LogP contribution in [0.5, 0.6) is 11.5 Å². The van der Waals surface area contributed by atoms with E-state index in [1.54, 1.807) is 6.07 Å². The number of halogens is 7. The minimum Gasteiger partial charge on any atom is -0.406 e. The van der Waals surface area contributed by atoms with Gasteiger partial charge in [0.05, 0.1) is 5.02 Å². The van der Waals surface area contributed by atoms with Crippen LogP contribution in [0.3, 0.4) is 0 Å². The van der Waals surface area contributed by atoms with E-state index in [1.807, 2.05) is 0 Å². The van der Waals surface area contributed by atoms with E-state index in [2.05, 4.69) is 25.4 Å². The van der Waals surface area contributed by atoms with Gasteiger partial charge in [-0.3, -0.25) is 9.59 Å². The van der Waals surface area contributed by atoms with Crippen LogP contribution in [0.1, 0.15) is 25.7 Å². The molecule has 5 N–H and O–H groups in total. The largest absolute Gasteiger partial charge is 0.573 e. The molecule has 284 valence electrons. The summed E-state index contributed by atoms with van der Waals surface area (Å²) in [6, 6.07) is 15.1. The molecule has 0 unspecified atom stereocenters. The third-order valence-electron chi connectivity index (χ3n) is 7.97. The molecule has 0 bridgehead atoms. The number of nitrogens with one attached hydrogen (secondary N) is 3. The van der Waals surface area contributed by atoms with Crippen molar-refractivity contribution in [1.29, 1.82) is 0 Å². The number of benzene rings is 3. The number of amides is 2. The van der Waals surface area contributed by atoms with Crippen molar-refractivity contribution in [3.63, 3.8) is 0 Å². The third-order valence-corrected chi connectivity index (χ3v) is 10.4. The summed E-state index contributed by atoms with van der Waals surface area (Å²) in [5.41, 5.74) is -2.85. The molecule has 0 saturated carbocycles. The average Bonchev–Trinajstić information content (AvgIpc) is 3.06. The van der Waals surface area contributed by atoms with Gasteiger partial charge in [0.1, 0.15) is 27.6 Å². The Kier molecular flexibility index (Phi) is 12.7. The van der Waals surface area contributed by atoms with E-state index in [9.17, 15) is 54.6 Å². The van der Waals surface area contributed by atoms with Crippen LogP contribution in [0, 0.1) is 0 Å². The van der Waals surface area contributed by atoms with Gasteiger partial charge in [-0.15, -0.1) is 26.3 Å². The van der Waals surface area contributed by atoms with Gasteiger partial charge in [-0.1, -0.05) is 23.7 Å². The van der Waals surface area contributed by atoms with Gasteiger partial charge >= 0.3 is 12.7 Å². The van der Waals surface area contributed by atoms with Gasteiger partial charge in [-0.25, -0.2) is 8.42 Å². The van der Waals surface area contributed by atoms with Crippen LogP contribution in [0.15, 0.2) is 77.7 Å². The quantitative estimate of drug-likeness (QED) is 0.197. The SMILES string of the molecule is O=C(Nc1ccc(OC(F)(F)F)cc1)C1(O)CCN(S(=O)(=O)c2ccccc2Cl)CC1.O=C(Nc1ccc(OC(F)(F)F)cc1)C1(O)CCNCC1. The smallest absolute Gasteiger partial charge is 0.406 e. The number of anilines is 2. The molecule has 2 aliphatic heterocycles. The number of rotatable bonds is 8. The summed E-state index contributed by atoms with van der Waals surface area (Å²) in [4.78, 5) is 24.5. The van der Waals surface area contributed by atoms with E-state index < -0.39 is 51.5 Å². The maximum Gasteiger partial charge on any atom is 0.573 e. The van der Waals surface area contributed by atoms with Gasteiger partial charge in [-0.2, -0.15) is 4.31 Å². The number of hydrogen-bond acceptors (Lipinski definition) is 9. The van der Waals surface area contributed by atoms with Gasteiger partial charge < -0.3 is 35.6 Å². The van der Waals surface area contributed by atoms with Gasteiger partial charge in [0.25, 0.3) is 11.8 Å². The Balaban J connectivity index is 0.000000251. The fourth-order valence-corrected chi connectivity index (χ4v) is 7.09. The van der Waals surface area contributed by atoms with Gasteiger partial charge in [0.2, 0.25) is 10.0 Å². The second kappa shape index (κ2) is 16.3. The number of carbonyl (C=O) groups is 2. The predicted octanol–water partition coefficient (Wildman–Crippen LogP) is 5.03. The fourth-order valence-electron chi connectivity index (χ4n) is 5.16. The lowest BCUT2D eigenvalue weighted by molar-refractivity contribution is -0.275. The highest BCUT2D eigenvalue weighted by Crippen LogP contribution is 2.31. The van der Waals surface area contributed by atoms with E-state index in [0.29, 0.717) is 18.8 Å². The molecule has 5 rings (SSSR count). The molecule has 2 heterocycles. The monoisotopic (exact) mass is 782 g/mol. The van der Waals surface area contributed by atoms with E-state index in [1.165, 1.54) is 42.5 Å². The van der Waals surface area contributed by atoms with Crippen molar-refractivity contribution in [1.82, 2.24) is 9.62 Å². The van der Waals surface area contributed by atoms with Crippen molar-refractivity contribution < 1.29 is 64.0 Å². The first-order chi connectivity index (χ1) is 24.2. The van der Waals surface area contributed by atoms with E-state index in [4.69, 9.17) is 11.6 Å². The van der Waals surface area contributed by atoms with Crippen LogP contribution in [-0.4, -0.2) is 84.9 Å². The fraction of sp³-hybridized carbons (Fsp3) is 0.375. The molecule has 52 heavy (non-hydrogen) atoms. The normalized spacial score (nSPS) is 17.6. The summed E-state index contributed by atoms with van der Waals surface area (Å²) in [7, 11) is -3.89. The Morgan fingerprint density at radius 1 is 0.712 bits per heavy atom. The Labute approximate surface area is 298 Å². The van der Waals surface area contributed by atoms with Crippen LogP contribution < -0.4 is 25.4 Å². The highest BCUT2D eigenvalue weighted by Gasteiger charge is 2.43. The predicted molar refractivity (Wildman–Crippen MR) is 175 cm³/mol. The topological polar surface area (TPSA) is 167 Å². The number of ether oxygens (including phenoxy) is 2. The summed E-state index contributed by atoms with van der Waals surface area (Å²) in [5, 5.41) is 28.9. The molecule has 2 amide bonds. The Morgan fingerprint density at radius 3 is 1.52 bits per heavy atom. The lowest BCUT2D eigenvalue weighted by Crippen LogP contribution is -2.52. The molecule has 0 aliphatic carbocycles. The van der Waals surface area contributed by atoms with Crippen LogP contribution in [0.4, 0.5) is 37.7 Å².